The van der Waals surface area contributed by atoms with Gasteiger partial charge in [0.05, 0.1) is 12.1 Å². The van der Waals surface area contributed by atoms with Crippen LogP contribution in [-0.2, 0) is 11.2 Å². The number of pyridine rings is 1. The minimum atomic E-state index is -0.168. The van der Waals surface area contributed by atoms with E-state index in [9.17, 15) is 9.90 Å². The van der Waals surface area contributed by atoms with Gasteiger partial charge in [-0.2, -0.15) is 0 Å². The molecule has 0 spiro atoms. The lowest BCUT2D eigenvalue weighted by atomic mass is 10.2. The fourth-order valence-electron chi connectivity index (χ4n) is 2.03. The number of amides is 1. The first-order valence-corrected chi connectivity index (χ1v) is 6.22. The van der Waals surface area contributed by atoms with Gasteiger partial charge >= 0.3 is 0 Å². The molecule has 3 rings (SSSR count). The number of rotatable bonds is 3. The zero-order valence-electron chi connectivity index (χ0n) is 10.7. The number of nitrogens with one attached hydrogen (secondary N) is 1. The number of hydrogen-bond donors (Lipinski definition) is 2. The van der Waals surface area contributed by atoms with Gasteiger partial charge in [0.1, 0.15) is 11.4 Å². The van der Waals surface area contributed by atoms with Gasteiger partial charge in [0.25, 0.3) is 0 Å². The minimum Gasteiger partial charge on any atom is -0.508 e. The predicted molar refractivity (Wildman–Crippen MR) is 75.6 cm³/mol. The molecule has 1 aromatic carbocycles. The number of phenols is 1. The second-order valence-corrected chi connectivity index (χ2v) is 4.47. The number of anilines is 1. The summed E-state index contributed by atoms with van der Waals surface area (Å²) >= 11 is 0. The van der Waals surface area contributed by atoms with E-state index in [1.165, 1.54) is 6.07 Å². The molecular weight excluding hydrogens is 254 g/mol. The highest BCUT2D eigenvalue weighted by Gasteiger charge is 2.08. The molecule has 100 valence electrons. The summed E-state index contributed by atoms with van der Waals surface area (Å²) in [6.07, 6.45) is 3.91. The molecule has 0 aliphatic rings. The number of aromatic nitrogens is 2. The average Bonchev–Trinajstić information content (AvgIpc) is 2.80. The summed E-state index contributed by atoms with van der Waals surface area (Å²) in [4.78, 5) is 16.3. The third kappa shape index (κ3) is 2.61. The van der Waals surface area contributed by atoms with E-state index in [1.54, 1.807) is 18.2 Å². The maximum absolute atomic E-state index is 11.9. The lowest BCUT2D eigenvalue weighted by Gasteiger charge is -2.03. The first-order chi connectivity index (χ1) is 9.70. The van der Waals surface area contributed by atoms with Gasteiger partial charge in [0.2, 0.25) is 5.91 Å². The lowest BCUT2D eigenvalue weighted by molar-refractivity contribution is -0.115. The van der Waals surface area contributed by atoms with Gasteiger partial charge in [-0.15, -0.1) is 0 Å². The number of nitrogens with zero attached hydrogens (tertiary/aromatic N) is 2. The summed E-state index contributed by atoms with van der Waals surface area (Å²) in [6.45, 7) is 0. The van der Waals surface area contributed by atoms with E-state index in [1.807, 2.05) is 35.0 Å². The van der Waals surface area contributed by atoms with Crippen LogP contribution in [0.2, 0.25) is 0 Å². The molecule has 0 radical (unpaired) electrons. The van der Waals surface area contributed by atoms with Gasteiger partial charge in [-0.05, 0) is 24.3 Å². The van der Waals surface area contributed by atoms with Crippen molar-refractivity contribution in [2.75, 3.05) is 5.32 Å². The van der Waals surface area contributed by atoms with Crippen LogP contribution in [0, 0.1) is 0 Å². The van der Waals surface area contributed by atoms with Gasteiger partial charge in [0, 0.05) is 24.1 Å². The van der Waals surface area contributed by atoms with Crippen molar-refractivity contribution >= 4 is 17.2 Å². The van der Waals surface area contributed by atoms with Crippen LogP contribution in [-0.4, -0.2) is 20.4 Å². The average molecular weight is 267 g/mol. The zero-order chi connectivity index (χ0) is 13.9. The van der Waals surface area contributed by atoms with Crippen molar-refractivity contribution in [1.29, 1.82) is 0 Å². The fourth-order valence-corrected chi connectivity index (χ4v) is 2.03. The third-order valence-electron chi connectivity index (χ3n) is 2.89. The molecule has 0 saturated carbocycles. The molecule has 5 nitrogen and oxygen atoms in total. The number of aromatic hydroxyl groups is 1. The van der Waals surface area contributed by atoms with E-state index >= 15 is 0 Å². The number of imidazole rings is 1. The van der Waals surface area contributed by atoms with Gasteiger partial charge in [-0.3, -0.25) is 4.79 Å². The molecule has 3 aromatic rings. The summed E-state index contributed by atoms with van der Waals surface area (Å²) < 4.78 is 1.87. The molecule has 0 aliphatic carbocycles. The topological polar surface area (TPSA) is 66.6 Å². The first-order valence-electron chi connectivity index (χ1n) is 6.22. The van der Waals surface area contributed by atoms with E-state index in [0.29, 0.717) is 11.4 Å². The minimum absolute atomic E-state index is 0.121. The fraction of sp³-hybridized carbons (Fsp3) is 0.0667. The molecule has 2 heterocycles. The van der Waals surface area contributed by atoms with Crippen molar-refractivity contribution in [3.63, 3.8) is 0 Å². The SMILES string of the molecule is O=C(Cc1cn2ccccc2n1)Nc1cccc(O)c1. The molecule has 0 saturated heterocycles. The lowest BCUT2D eigenvalue weighted by Crippen LogP contribution is -2.14. The number of benzene rings is 1. The van der Waals surface area contributed by atoms with Gasteiger partial charge in [-0.1, -0.05) is 12.1 Å². The van der Waals surface area contributed by atoms with E-state index in [2.05, 4.69) is 10.3 Å². The van der Waals surface area contributed by atoms with Crippen LogP contribution in [0.5, 0.6) is 5.75 Å². The normalized spacial score (nSPS) is 10.6. The van der Waals surface area contributed by atoms with E-state index in [0.717, 1.165) is 5.65 Å². The number of fused-ring (bicyclic) bond motifs is 1. The summed E-state index contributed by atoms with van der Waals surface area (Å²) in [5, 5.41) is 12.1. The Morgan fingerprint density at radius 1 is 1.25 bits per heavy atom. The quantitative estimate of drug-likeness (QED) is 0.764. The molecule has 5 heteroatoms. The highest BCUT2D eigenvalue weighted by molar-refractivity contribution is 5.92. The highest BCUT2D eigenvalue weighted by atomic mass is 16.3. The molecule has 0 fully saturated rings. The Labute approximate surface area is 115 Å². The first kappa shape index (κ1) is 12.2. The molecule has 0 atom stereocenters. The van der Waals surface area contributed by atoms with E-state index in [4.69, 9.17) is 0 Å². The Balaban J connectivity index is 1.72. The van der Waals surface area contributed by atoms with Crippen molar-refractivity contribution in [1.82, 2.24) is 9.38 Å². The van der Waals surface area contributed by atoms with Crippen molar-refractivity contribution in [2.24, 2.45) is 0 Å². The Bertz CT molecular complexity index is 731. The number of phenolic OH excluding ortho intramolecular Hbond substituents is 1. The molecule has 2 N–H and O–H groups in total. The summed E-state index contributed by atoms with van der Waals surface area (Å²) in [5.74, 6) is -0.0467. The Kier molecular flexibility index (Phi) is 3.09. The van der Waals surface area contributed by atoms with Crippen LogP contribution in [0.3, 0.4) is 0 Å². The smallest absolute Gasteiger partial charge is 0.230 e. The van der Waals surface area contributed by atoms with E-state index in [-0.39, 0.29) is 18.1 Å². The number of hydrogen-bond acceptors (Lipinski definition) is 3. The monoisotopic (exact) mass is 267 g/mol. The summed E-state index contributed by atoms with van der Waals surface area (Å²) in [7, 11) is 0. The molecule has 20 heavy (non-hydrogen) atoms. The van der Waals surface area contributed by atoms with Crippen LogP contribution >= 0.6 is 0 Å². The Hall–Kier alpha value is -2.82. The van der Waals surface area contributed by atoms with Crippen LogP contribution in [0.25, 0.3) is 5.65 Å². The van der Waals surface area contributed by atoms with E-state index < -0.39 is 0 Å². The van der Waals surface area contributed by atoms with Crippen molar-refractivity contribution < 1.29 is 9.90 Å². The Morgan fingerprint density at radius 3 is 2.95 bits per heavy atom. The molecule has 1 amide bonds. The zero-order valence-corrected chi connectivity index (χ0v) is 10.7. The summed E-state index contributed by atoms with van der Waals surface area (Å²) in [6, 6.07) is 12.2. The molecular formula is C15H13N3O2. The third-order valence-corrected chi connectivity index (χ3v) is 2.89. The second-order valence-electron chi connectivity index (χ2n) is 4.47. The van der Waals surface area contributed by atoms with Gasteiger partial charge in [-0.25, -0.2) is 4.98 Å². The van der Waals surface area contributed by atoms with Gasteiger partial charge < -0.3 is 14.8 Å². The van der Waals surface area contributed by atoms with Crippen LogP contribution in [0.1, 0.15) is 5.69 Å². The molecule has 0 aliphatic heterocycles. The van der Waals surface area contributed by atoms with Crippen molar-refractivity contribution in [2.45, 2.75) is 6.42 Å². The summed E-state index contributed by atoms with van der Waals surface area (Å²) in [5.41, 5.74) is 2.08. The van der Waals surface area contributed by atoms with Crippen LogP contribution in [0.15, 0.2) is 54.9 Å². The van der Waals surface area contributed by atoms with Crippen molar-refractivity contribution in [3.8, 4) is 5.75 Å². The number of carbonyl (C=O) groups excluding carboxylic acids is 1. The maximum atomic E-state index is 11.9. The highest BCUT2D eigenvalue weighted by Crippen LogP contribution is 2.15. The molecule has 0 bridgehead atoms. The van der Waals surface area contributed by atoms with Crippen molar-refractivity contribution in [3.05, 3.63) is 60.6 Å². The van der Waals surface area contributed by atoms with Gasteiger partial charge in [0.15, 0.2) is 0 Å². The standard InChI is InChI=1S/C15H13N3O2/c19-13-5-3-4-11(8-13)17-15(20)9-12-10-18-7-2-1-6-14(18)16-12/h1-8,10,19H,9H2,(H,17,20). The Morgan fingerprint density at radius 2 is 2.15 bits per heavy atom. The molecule has 0 unspecified atom stereocenters. The number of carbonyl (C=O) groups is 1. The van der Waals surface area contributed by atoms with Crippen LogP contribution < -0.4 is 5.32 Å². The van der Waals surface area contributed by atoms with Crippen LogP contribution in [0.4, 0.5) is 5.69 Å². The predicted octanol–water partition coefficient (Wildman–Crippen LogP) is 2.22. The second kappa shape index (κ2) is 5.05. The molecule has 2 aromatic heterocycles. The largest absolute Gasteiger partial charge is 0.508 e. The maximum Gasteiger partial charge on any atom is 0.230 e.